The van der Waals surface area contributed by atoms with Gasteiger partial charge >= 0.3 is 0 Å². The summed E-state index contributed by atoms with van der Waals surface area (Å²) in [5.74, 6) is 0.139. The number of ether oxygens (including phenoxy) is 1. The Hall–Kier alpha value is -2.83. The van der Waals surface area contributed by atoms with Crippen LogP contribution in [0, 0.1) is 13.8 Å². The molecule has 1 atom stereocenters. The fourth-order valence-electron chi connectivity index (χ4n) is 3.85. The highest BCUT2D eigenvalue weighted by Crippen LogP contribution is 2.26. The van der Waals surface area contributed by atoms with Crippen molar-refractivity contribution in [3.8, 4) is 5.75 Å². The lowest BCUT2D eigenvalue weighted by Gasteiger charge is -2.31. The van der Waals surface area contributed by atoms with Gasteiger partial charge in [-0.15, -0.1) is 0 Å². The fraction of sp³-hybridized carbons (Fsp3) is 0.286. The van der Waals surface area contributed by atoms with E-state index in [1.807, 2.05) is 75.4 Å². The van der Waals surface area contributed by atoms with Crippen LogP contribution in [0.2, 0.25) is 5.02 Å². The van der Waals surface area contributed by atoms with E-state index >= 15 is 0 Å². The van der Waals surface area contributed by atoms with Gasteiger partial charge in [0, 0.05) is 29.0 Å². The van der Waals surface area contributed by atoms with E-state index in [2.05, 4.69) is 21.2 Å². The smallest absolute Gasteiger partial charge is 0.261 e. The van der Waals surface area contributed by atoms with Crippen molar-refractivity contribution >= 4 is 39.3 Å². The van der Waals surface area contributed by atoms with Crippen LogP contribution in [0.4, 0.5) is 0 Å². The van der Waals surface area contributed by atoms with Gasteiger partial charge in [0.15, 0.2) is 6.61 Å². The molecule has 0 saturated carbocycles. The lowest BCUT2D eigenvalue weighted by molar-refractivity contribution is -0.142. The predicted molar refractivity (Wildman–Crippen MR) is 144 cm³/mol. The van der Waals surface area contributed by atoms with Crippen LogP contribution < -0.4 is 10.1 Å². The first-order valence-electron chi connectivity index (χ1n) is 11.5. The first-order valence-corrected chi connectivity index (χ1v) is 12.7. The topological polar surface area (TPSA) is 58.6 Å². The molecule has 7 heteroatoms. The number of nitrogens with zero attached hydrogens (tertiary/aromatic N) is 1. The molecule has 0 aromatic heterocycles. The molecule has 0 heterocycles. The van der Waals surface area contributed by atoms with E-state index in [1.54, 1.807) is 17.0 Å². The van der Waals surface area contributed by atoms with Crippen molar-refractivity contribution < 1.29 is 14.3 Å². The minimum absolute atomic E-state index is 0.182. The molecule has 0 unspecified atom stereocenters. The molecule has 0 radical (unpaired) electrons. The third kappa shape index (κ3) is 7.58. The van der Waals surface area contributed by atoms with Gasteiger partial charge in [-0.05, 0) is 67.3 Å². The molecule has 0 aliphatic heterocycles. The number of carbonyl (C=O) groups excluding carboxylic acids is 2. The van der Waals surface area contributed by atoms with Gasteiger partial charge in [-0.1, -0.05) is 70.0 Å². The third-order valence-electron chi connectivity index (χ3n) is 5.66. The zero-order valence-corrected chi connectivity index (χ0v) is 22.5. The summed E-state index contributed by atoms with van der Waals surface area (Å²) in [7, 11) is 0. The summed E-state index contributed by atoms with van der Waals surface area (Å²) < 4.78 is 6.91. The number of rotatable bonds is 10. The van der Waals surface area contributed by atoms with E-state index < -0.39 is 6.04 Å². The number of hydrogen-bond donors (Lipinski definition) is 1. The number of carbonyl (C=O) groups is 2. The molecular weight excluding hydrogens is 528 g/mol. The molecule has 35 heavy (non-hydrogen) atoms. The second-order valence-electron chi connectivity index (χ2n) is 8.41. The molecule has 0 aliphatic carbocycles. The first kappa shape index (κ1) is 26.8. The number of hydrogen-bond acceptors (Lipinski definition) is 3. The summed E-state index contributed by atoms with van der Waals surface area (Å²) in [5, 5.41) is 3.50. The van der Waals surface area contributed by atoms with Crippen LogP contribution in [0.5, 0.6) is 5.75 Å². The second kappa shape index (κ2) is 12.8. The molecule has 0 fully saturated rings. The van der Waals surface area contributed by atoms with Crippen LogP contribution in [-0.4, -0.2) is 35.9 Å². The molecule has 5 nitrogen and oxygen atoms in total. The SMILES string of the molecule is CCNC(=O)[C@@H](Cc1ccccc1)N(Cc1ccc(Cl)cc1)C(=O)COc1cc(C)c(Br)c(C)c1. The van der Waals surface area contributed by atoms with Crippen LogP contribution in [0.15, 0.2) is 71.2 Å². The van der Waals surface area contributed by atoms with Crippen molar-refractivity contribution in [1.82, 2.24) is 10.2 Å². The van der Waals surface area contributed by atoms with Gasteiger partial charge in [-0.3, -0.25) is 9.59 Å². The molecule has 0 saturated heterocycles. The lowest BCUT2D eigenvalue weighted by atomic mass is 10.0. The first-order chi connectivity index (χ1) is 16.8. The monoisotopic (exact) mass is 556 g/mol. The summed E-state index contributed by atoms with van der Waals surface area (Å²) in [4.78, 5) is 28.3. The highest BCUT2D eigenvalue weighted by atomic mass is 79.9. The van der Waals surface area contributed by atoms with Gasteiger partial charge in [-0.2, -0.15) is 0 Å². The number of likely N-dealkylation sites (N-methyl/N-ethyl adjacent to an activating group) is 1. The van der Waals surface area contributed by atoms with E-state index in [0.29, 0.717) is 23.7 Å². The number of nitrogens with one attached hydrogen (secondary N) is 1. The summed E-state index contributed by atoms with van der Waals surface area (Å²) in [6, 6.07) is 20.1. The fourth-order valence-corrected chi connectivity index (χ4v) is 4.20. The van der Waals surface area contributed by atoms with E-state index in [1.165, 1.54) is 0 Å². The Kier molecular flexibility index (Phi) is 9.75. The third-order valence-corrected chi connectivity index (χ3v) is 7.16. The summed E-state index contributed by atoms with van der Waals surface area (Å²) in [5.41, 5.74) is 3.89. The molecule has 3 rings (SSSR count). The van der Waals surface area contributed by atoms with E-state index in [9.17, 15) is 9.59 Å². The Labute approximate surface area is 220 Å². The van der Waals surface area contributed by atoms with Gasteiger partial charge in [0.2, 0.25) is 5.91 Å². The van der Waals surface area contributed by atoms with Crippen molar-refractivity contribution in [2.24, 2.45) is 0 Å². The van der Waals surface area contributed by atoms with Crippen molar-refractivity contribution in [3.05, 3.63) is 98.5 Å². The Balaban J connectivity index is 1.89. The van der Waals surface area contributed by atoms with E-state index in [0.717, 1.165) is 26.7 Å². The van der Waals surface area contributed by atoms with Crippen molar-refractivity contribution in [2.45, 2.75) is 39.8 Å². The molecular formula is C28H30BrClN2O3. The van der Waals surface area contributed by atoms with Gasteiger partial charge in [0.25, 0.3) is 5.91 Å². The number of amides is 2. The molecule has 2 amide bonds. The number of halogens is 2. The Morgan fingerprint density at radius 1 is 1.00 bits per heavy atom. The Bertz CT molecular complexity index is 1130. The Morgan fingerprint density at radius 3 is 2.23 bits per heavy atom. The van der Waals surface area contributed by atoms with Crippen LogP contribution in [-0.2, 0) is 22.6 Å². The van der Waals surface area contributed by atoms with Crippen LogP contribution in [0.3, 0.4) is 0 Å². The summed E-state index contributed by atoms with van der Waals surface area (Å²) in [6.45, 7) is 6.36. The number of aryl methyl sites for hydroxylation is 2. The molecule has 0 bridgehead atoms. The molecule has 0 aliphatic rings. The van der Waals surface area contributed by atoms with Gasteiger partial charge in [-0.25, -0.2) is 0 Å². The van der Waals surface area contributed by atoms with E-state index in [4.69, 9.17) is 16.3 Å². The standard InChI is InChI=1S/C28H30BrClN2O3/c1-4-31-28(34)25(16-21-8-6-5-7-9-21)32(17-22-10-12-23(30)13-11-22)26(33)18-35-24-14-19(2)27(29)20(3)15-24/h5-15,25H,4,16-18H2,1-3H3,(H,31,34)/t25-/m1/s1. The maximum atomic E-state index is 13.6. The van der Waals surface area contributed by atoms with Crippen LogP contribution in [0.25, 0.3) is 0 Å². The van der Waals surface area contributed by atoms with Crippen LogP contribution >= 0.6 is 27.5 Å². The van der Waals surface area contributed by atoms with E-state index in [-0.39, 0.29) is 25.0 Å². The summed E-state index contributed by atoms with van der Waals surface area (Å²) in [6.07, 6.45) is 0.391. The maximum absolute atomic E-state index is 13.6. The maximum Gasteiger partial charge on any atom is 0.261 e. The van der Waals surface area contributed by atoms with Crippen molar-refractivity contribution in [3.63, 3.8) is 0 Å². The summed E-state index contributed by atoms with van der Waals surface area (Å²) >= 11 is 9.61. The quantitative estimate of drug-likeness (QED) is 0.339. The van der Waals surface area contributed by atoms with Gasteiger partial charge in [0.05, 0.1) is 0 Å². The molecule has 3 aromatic carbocycles. The van der Waals surface area contributed by atoms with Gasteiger partial charge in [0.1, 0.15) is 11.8 Å². The normalized spacial score (nSPS) is 11.6. The zero-order valence-electron chi connectivity index (χ0n) is 20.2. The van der Waals surface area contributed by atoms with Gasteiger partial charge < -0.3 is 15.0 Å². The van der Waals surface area contributed by atoms with Crippen molar-refractivity contribution in [2.75, 3.05) is 13.2 Å². The Morgan fingerprint density at radius 2 is 1.63 bits per heavy atom. The molecule has 184 valence electrons. The molecule has 3 aromatic rings. The minimum Gasteiger partial charge on any atom is -0.484 e. The molecule has 1 N–H and O–H groups in total. The second-order valence-corrected chi connectivity index (χ2v) is 9.64. The minimum atomic E-state index is -0.697. The molecule has 0 spiro atoms. The average Bonchev–Trinajstić information content (AvgIpc) is 2.85. The highest BCUT2D eigenvalue weighted by Gasteiger charge is 2.30. The lowest BCUT2D eigenvalue weighted by Crippen LogP contribution is -2.51. The predicted octanol–water partition coefficient (Wildman–Crippen LogP) is 5.87. The highest BCUT2D eigenvalue weighted by molar-refractivity contribution is 9.10. The van der Waals surface area contributed by atoms with Crippen molar-refractivity contribution in [1.29, 1.82) is 0 Å². The largest absolute Gasteiger partial charge is 0.484 e. The van der Waals surface area contributed by atoms with Crippen LogP contribution in [0.1, 0.15) is 29.2 Å². The number of benzene rings is 3. The zero-order chi connectivity index (χ0) is 25.4. The average molecular weight is 558 g/mol.